The maximum Gasteiger partial charge on any atom is 0.119 e. The van der Waals surface area contributed by atoms with Crippen LogP contribution in [0, 0.1) is 11.8 Å². The van der Waals surface area contributed by atoms with Gasteiger partial charge in [-0.1, -0.05) is 6.07 Å². The zero-order valence-corrected chi connectivity index (χ0v) is 9.78. The fourth-order valence-electron chi connectivity index (χ4n) is 3.36. The molecule has 0 aromatic heterocycles. The van der Waals surface area contributed by atoms with Gasteiger partial charge in [0.15, 0.2) is 0 Å². The van der Waals surface area contributed by atoms with E-state index in [9.17, 15) is 0 Å². The molecule has 2 aliphatic carbocycles. The molecule has 1 fully saturated rings. The van der Waals surface area contributed by atoms with Crippen LogP contribution in [0.25, 0.3) is 0 Å². The topological polar surface area (TPSA) is 35.2 Å². The van der Waals surface area contributed by atoms with Gasteiger partial charge < -0.3 is 10.5 Å². The molecule has 2 aliphatic rings. The van der Waals surface area contributed by atoms with E-state index < -0.39 is 0 Å². The molecule has 0 radical (unpaired) electrons. The second-order valence-electron chi connectivity index (χ2n) is 5.22. The molecule has 3 atom stereocenters. The van der Waals surface area contributed by atoms with E-state index in [4.69, 9.17) is 10.5 Å². The highest BCUT2D eigenvalue weighted by Gasteiger charge is 2.36. The molecule has 2 bridgehead atoms. The molecular formula is C14H19NO. The fraction of sp³-hybridized carbons (Fsp3) is 0.571. The lowest BCUT2D eigenvalue weighted by molar-refractivity contribution is 0.412. The van der Waals surface area contributed by atoms with Crippen molar-refractivity contribution in [3.63, 3.8) is 0 Å². The molecule has 1 saturated carbocycles. The van der Waals surface area contributed by atoms with E-state index in [1.165, 1.54) is 24.0 Å². The lowest BCUT2D eigenvalue weighted by Gasteiger charge is -2.15. The SMILES string of the molecule is COc1ccc2c(c1)CC1CCC(C2)C1N. The van der Waals surface area contributed by atoms with Crippen molar-refractivity contribution in [3.8, 4) is 5.75 Å². The van der Waals surface area contributed by atoms with Gasteiger partial charge in [-0.15, -0.1) is 0 Å². The van der Waals surface area contributed by atoms with Crippen molar-refractivity contribution in [2.24, 2.45) is 17.6 Å². The Morgan fingerprint density at radius 2 is 1.81 bits per heavy atom. The summed E-state index contributed by atoms with van der Waals surface area (Å²) in [6, 6.07) is 6.91. The summed E-state index contributed by atoms with van der Waals surface area (Å²) in [5.41, 5.74) is 9.25. The first kappa shape index (κ1) is 10.2. The van der Waals surface area contributed by atoms with Crippen LogP contribution in [0.2, 0.25) is 0 Å². The Kier molecular flexibility index (Phi) is 2.40. The van der Waals surface area contributed by atoms with Gasteiger partial charge in [0.2, 0.25) is 0 Å². The zero-order chi connectivity index (χ0) is 11.1. The average molecular weight is 217 g/mol. The molecule has 3 unspecified atom stereocenters. The first-order chi connectivity index (χ1) is 7.78. The summed E-state index contributed by atoms with van der Waals surface area (Å²) in [4.78, 5) is 0. The number of benzene rings is 1. The van der Waals surface area contributed by atoms with Crippen LogP contribution >= 0.6 is 0 Å². The molecule has 1 aromatic carbocycles. The first-order valence-corrected chi connectivity index (χ1v) is 6.19. The minimum absolute atomic E-state index is 0.415. The van der Waals surface area contributed by atoms with E-state index >= 15 is 0 Å². The largest absolute Gasteiger partial charge is 0.497 e. The molecule has 0 heterocycles. The number of fused-ring (bicyclic) bond motifs is 3. The highest BCUT2D eigenvalue weighted by Crippen LogP contribution is 2.39. The summed E-state index contributed by atoms with van der Waals surface area (Å²) in [7, 11) is 1.73. The van der Waals surface area contributed by atoms with Gasteiger partial charge in [-0.05, 0) is 60.8 Å². The Bertz CT molecular complexity index is 402. The van der Waals surface area contributed by atoms with Crippen LogP contribution in [0.5, 0.6) is 5.75 Å². The molecule has 0 amide bonds. The third kappa shape index (κ3) is 1.52. The second-order valence-corrected chi connectivity index (χ2v) is 5.22. The number of rotatable bonds is 1. The van der Waals surface area contributed by atoms with Gasteiger partial charge in [0.1, 0.15) is 5.75 Å². The summed E-state index contributed by atoms with van der Waals surface area (Å²) in [5.74, 6) is 2.38. The van der Waals surface area contributed by atoms with Crippen LogP contribution in [-0.2, 0) is 12.8 Å². The molecule has 86 valence electrons. The Labute approximate surface area is 96.8 Å². The van der Waals surface area contributed by atoms with Crippen LogP contribution in [-0.4, -0.2) is 13.2 Å². The molecule has 0 saturated heterocycles. The first-order valence-electron chi connectivity index (χ1n) is 6.19. The second kappa shape index (κ2) is 3.77. The van der Waals surface area contributed by atoms with Crippen LogP contribution < -0.4 is 10.5 Å². The van der Waals surface area contributed by atoms with E-state index in [1.54, 1.807) is 7.11 Å². The van der Waals surface area contributed by atoms with Gasteiger partial charge in [0.05, 0.1) is 7.11 Å². The molecule has 2 nitrogen and oxygen atoms in total. The van der Waals surface area contributed by atoms with Gasteiger partial charge >= 0.3 is 0 Å². The summed E-state index contributed by atoms with van der Waals surface area (Å²) in [6.07, 6.45) is 4.93. The number of ether oxygens (including phenoxy) is 1. The van der Waals surface area contributed by atoms with Crippen molar-refractivity contribution in [2.75, 3.05) is 7.11 Å². The monoisotopic (exact) mass is 217 g/mol. The average Bonchev–Trinajstić information content (AvgIpc) is 2.55. The molecule has 3 rings (SSSR count). The lowest BCUT2D eigenvalue weighted by Crippen LogP contribution is -2.31. The maximum absolute atomic E-state index is 6.30. The number of nitrogens with two attached hydrogens (primary N) is 1. The fourth-order valence-corrected chi connectivity index (χ4v) is 3.36. The van der Waals surface area contributed by atoms with Crippen molar-refractivity contribution in [3.05, 3.63) is 29.3 Å². The smallest absolute Gasteiger partial charge is 0.119 e. The molecule has 1 aromatic rings. The minimum Gasteiger partial charge on any atom is -0.497 e. The van der Waals surface area contributed by atoms with Crippen molar-refractivity contribution in [1.29, 1.82) is 0 Å². The van der Waals surface area contributed by atoms with E-state index in [2.05, 4.69) is 18.2 Å². The molecule has 0 spiro atoms. The van der Waals surface area contributed by atoms with Crippen LogP contribution in [0.1, 0.15) is 24.0 Å². The third-order valence-electron chi connectivity index (χ3n) is 4.37. The molecule has 0 aliphatic heterocycles. The molecule has 2 N–H and O–H groups in total. The van der Waals surface area contributed by atoms with Gasteiger partial charge in [-0.2, -0.15) is 0 Å². The molecular weight excluding hydrogens is 198 g/mol. The summed E-state index contributed by atoms with van der Waals surface area (Å²) < 4.78 is 5.30. The van der Waals surface area contributed by atoms with Crippen molar-refractivity contribution >= 4 is 0 Å². The van der Waals surface area contributed by atoms with Gasteiger partial charge in [0, 0.05) is 6.04 Å². The predicted octanol–water partition coefficient (Wildman–Crippen LogP) is 2.15. The van der Waals surface area contributed by atoms with Crippen molar-refractivity contribution in [2.45, 2.75) is 31.7 Å². The summed E-state index contributed by atoms with van der Waals surface area (Å²) >= 11 is 0. The highest BCUT2D eigenvalue weighted by atomic mass is 16.5. The number of hydrogen-bond donors (Lipinski definition) is 1. The van der Waals surface area contributed by atoms with Crippen LogP contribution in [0.3, 0.4) is 0 Å². The van der Waals surface area contributed by atoms with E-state index in [0.717, 1.165) is 18.6 Å². The van der Waals surface area contributed by atoms with Crippen LogP contribution in [0.15, 0.2) is 18.2 Å². The Morgan fingerprint density at radius 1 is 1.12 bits per heavy atom. The predicted molar refractivity (Wildman–Crippen MR) is 64.6 cm³/mol. The minimum atomic E-state index is 0.415. The third-order valence-corrected chi connectivity index (χ3v) is 4.37. The molecule has 2 heteroatoms. The van der Waals surface area contributed by atoms with E-state index in [0.29, 0.717) is 17.9 Å². The lowest BCUT2D eigenvalue weighted by atomic mass is 9.93. The normalized spacial score (nSPS) is 32.0. The van der Waals surface area contributed by atoms with Gasteiger partial charge in [-0.25, -0.2) is 0 Å². The molecule has 16 heavy (non-hydrogen) atoms. The highest BCUT2D eigenvalue weighted by molar-refractivity contribution is 5.38. The van der Waals surface area contributed by atoms with Crippen LogP contribution in [0.4, 0.5) is 0 Å². The van der Waals surface area contributed by atoms with E-state index in [1.807, 2.05) is 0 Å². The Morgan fingerprint density at radius 3 is 2.50 bits per heavy atom. The summed E-state index contributed by atoms with van der Waals surface area (Å²) in [5, 5.41) is 0. The van der Waals surface area contributed by atoms with Crippen molar-refractivity contribution < 1.29 is 4.74 Å². The number of methoxy groups -OCH3 is 1. The number of hydrogen-bond acceptors (Lipinski definition) is 2. The van der Waals surface area contributed by atoms with Gasteiger partial charge in [0.25, 0.3) is 0 Å². The Balaban J connectivity index is 1.98. The van der Waals surface area contributed by atoms with Gasteiger partial charge in [-0.3, -0.25) is 0 Å². The summed E-state index contributed by atoms with van der Waals surface area (Å²) in [6.45, 7) is 0. The standard InChI is InChI=1S/C14H19NO/c1-16-13-5-4-9-6-10-2-3-11(14(10)15)7-12(9)8-13/h4-5,8,10-11,14H,2-3,6-7,15H2,1H3. The van der Waals surface area contributed by atoms with E-state index in [-0.39, 0.29) is 0 Å². The van der Waals surface area contributed by atoms with Crippen molar-refractivity contribution in [1.82, 2.24) is 0 Å². The maximum atomic E-state index is 6.30. The quantitative estimate of drug-likeness (QED) is 0.782. The zero-order valence-electron chi connectivity index (χ0n) is 9.78. The Hall–Kier alpha value is -1.02.